The molecule has 0 heterocycles. The summed E-state index contributed by atoms with van der Waals surface area (Å²) in [6.07, 6.45) is 7.15. The van der Waals surface area contributed by atoms with Crippen molar-refractivity contribution in [1.29, 1.82) is 0 Å². The highest BCUT2D eigenvalue weighted by molar-refractivity contribution is 5.85. The lowest BCUT2D eigenvalue weighted by Gasteiger charge is -2.31. The molecule has 0 aromatic rings. The quantitative estimate of drug-likeness (QED) is 0.765. The Morgan fingerprint density at radius 2 is 1.71 bits per heavy atom. The molecule has 1 aliphatic rings. The maximum absolute atomic E-state index is 3.55. The van der Waals surface area contributed by atoms with Crippen LogP contribution in [-0.4, -0.2) is 37.6 Å². The first kappa shape index (κ1) is 17.2. The second kappa shape index (κ2) is 8.34. The van der Waals surface area contributed by atoms with E-state index in [1.165, 1.54) is 38.6 Å². The number of nitrogens with one attached hydrogen (secondary N) is 1. The van der Waals surface area contributed by atoms with E-state index in [-0.39, 0.29) is 12.4 Å². The van der Waals surface area contributed by atoms with Gasteiger partial charge in [0, 0.05) is 25.7 Å². The molecule has 0 atom stereocenters. The molecular formula is C14H31ClN2. The summed E-state index contributed by atoms with van der Waals surface area (Å²) in [6, 6.07) is 0.852. The van der Waals surface area contributed by atoms with Gasteiger partial charge in [-0.25, -0.2) is 0 Å². The van der Waals surface area contributed by atoms with Gasteiger partial charge in [0.15, 0.2) is 0 Å². The van der Waals surface area contributed by atoms with E-state index >= 15 is 0 Å². The molecule has 0 unspecified atom stereocenters. The number of hydrogen-bond donors (Lipinski definition) is 1. The summed E-state index contributed by atoms with van der Waals surface area (Å²) in [7, 11) is 2.29. The SMILES string of the molecule is CN(CCNCC(C)(C)C)C1CCCCC1.Cl. The molecule has 0 aromatic carbocycles. The minimum absolute atomic E-state index is 0. The van der Waals surface area contributed by atoms with Crippen LogP contribution in [0.25, 0.3) is 0 Å². The molecule has 17 heavy (non-hydrogen) atoms. The molecule has 0 saturated heterocycles. The fourth-order valence-electron chi connectivity index (χ4n) is 2.42. The number of rotatable bonds is 5. The third-order valence-corrected chi connectivity index (χ3v) is 3.49. The zero-order valence-electron chi connectivity index (χ0n) is 12.1. The van der Waals surface area contributed by atoms with Crippen LogP contribution in [0.15, 0.2) is 0 Å². The molecule has 0 aromatic heterocycles. The molecule has 0 aliphatic heterocycles. The molecule has 1 aliphatic carbocycles. The van der Waals surface area contributed by atoms with Gasteiger partial charge < -0.3 is 10.2 Å². The van der Waals surface area contributed by atoms with E-state index in [1.54, 1.807) is 0 Å². The lowest BCUT2D eigenvalue weighted by molar-refractivity contribution is 0.190. The zero-order valence-corrected chi connectivity index (χ0v) is 12.9. The van der Waals surface area contributed by atoms with Gasteiger partial charge in [-0.05, 0) is 25.3 Å². The molecule has 1 fully saturated rings. The van der Waals surface area contributed by atoms with Crippen molar-refractivity contribution in [3.05, 3.63) is 0 Å². The topological polar surface area (TPSA) is 15.3 Å². The number of nitrogens with zero attached hydrogens (tertiary/aromatic N) is 1. The Balaban J connectivity index is 0.00000256. The Hall–Kier alpha value is 0.210. The molecule has 104 valence electrons. The third kappa shape index (κ3) is 8.01. The molecule has 1 N–H and O–H groups in total. The van der Waals surface area contributed by atoms with Gasteiger partial charge in [0.25, 0.3) is 0 Å². The molecule has 2 nitrogen and oxygen atoms in total. The monoisotopic (exact) mass is 262 g/mol. The van der Waals surface area contributed by atoms with Crippen LogP contribution in [0.1, 0.15) is 52.9 Å². The first-order valence-corrected chi connectivity index (χ1v) is 6.90. The summed E-state index contributed by atoms with van der Waals surface area (Å²) < 4.78 is 0. The predicted octanol–water partition coefficient (Wildman–Crippen LogP) is 3.31. The summed E-state index contributed by atoms with van der Waals surface area (Å²) in [5.74, 6) is 0. The smallest absolute Gasteiger partial charge is 0.0107 e. The number of likely N-dealkylation sites (N-methyl/N-ethyl adjacent to an activating group) is 1. The molecule has 0 amide bonds. The normalized spacial score (nSPS) is 18.2. The van der Waals surface area contributed by atoms with E-state index in [4.69, 9.17) is 0 Å². The molecule has 0 spiro atoms. The number of hydrogen-bond acceptors (Lipinski definition) is 2. The highest BCUT2D eigenvalue weighted by atomic mass is 35.5. The third-order valence-electron chi connectivity index (χ3n) is 3.49. The molecule has 1 rings (SSSR count). The van der Waals surface area contributed by atoms with Crippen molar-refractivity contribution in [2.75, 3.05) is 26.7 Å². The maximum Gasteiger partial charge on any atom is 0.0107 e. The zero-order chi connectivity index (χ0) is 12.0. The average Bonchev–Trinajstić information content (AvgIpc) is 2.24. The summed E-state index contributed by atoms with van der Waals surface area (Å²) in [5.41, 5.74) is 0.406. The second-order valence-electron chi connectivity index (χ2n) is 6.51. The minimum Gasteiger partial charge on any atom is -0.315 e. The van der Waals surface area contributed by atoms with Crippen LogP contribution in [0.2, 0.25) is 0 Å². The van der Waals surface area contributed by atoms with Crippen molar-refractivity contribution in [1.82, 2.24) is 10.2 Å². The lowest BCUT2D eigenvalue weighted by Crippen LogP contribution is -2.39. The molecule has 0 bridgehead atoms. The van der Waals surface area contributed by atoms with Gasteiger partial charge in [-0.1, -0.05) is 40.0 Å². The van der Waals surface area contributed by atoms with Gasteiger partial charge in [0.2, 0.25) is 0 Å². The fraction of sp³-hybridized carbons (Fsp3) is 1.00. The second-order valence-corrected chi connectivity index (χ2v) is 6.51. The van der Waals surface area contributed by atoms with Gasteiger partial charge >= 0.3 is 0 Å². The van der Waals surface area contributed by atoms with Gasteiger partial charge in [0.1, 0.15) is 0 Å². The van der Waals surface area contributed by atoms with E-state index < -0.39 is 0 Å². The first-order valence-electron chi connectivity index (χ1n) is 6.90. The molecular weight excluding hydrogens is 232 g/mol. The Kier molecular flexibility index (Phi) is 8.44. The van der Waals surface area contributed by atoms with Crippen LogP contribution in [0, 0.1) is 5.41 Å². The van der Waals surface area contributed by atoms with Crippen LogP contribution < -0.4 is 5.32 Å². The van der Waals surface area contributed by atoms with Gasteiger partial charge in [-0.15, -0.1) is 12.4 Å². The highest BCUT2D eigenvalue weighted by Crippen LogP contribution is 2.21. The standard InChI is InChI=1S/C14H30N2.ClH/c1-14(2,3)12-15-10-11-16(4)13-8-6-5-7-9-13;/h13,15H,5-12H2,1-4H3;1H. The Morgan fingerprint density at radius 3 is 2.24 bits per heavy atom. The van der Waals surface area contributed by atoms with Crippen molar-refractivity contribution >= 4 is 12.4 Å². The summed E-state index contributed by atoms with van der Waals surface area (Å²) >= 11 is 0. The van der Waals surface area contributed by atoms with Gasteiger partial charge in [-0.3, -0.25) is 0 Å². The maximum atomic E-state index is 3.55. The molecule has 3 heteroatoms. The van der Waals surface area contributed by atoms with Crippen molar-refractivity contribution in [3.8, 4) is 0 Å². The van der Waals surface area contributed by atoms with E-state index in [0.29, 0.717) is 5.41 Å². The Morgan fingerprint density at radius 1 is 1.12 bits per heavy atom. The van der Waals surface area contributed by atoms with Gasteiger partial charge in [-0.2, -0.15) is 0 Å². The van der Waals surface area contributed by atoms with E-state index in [2.05, 4.69) is 38.0 Å². The van der Waals surface area contributed by atoms with E-state index in [9.17, 15) is 0 Å². The fourth-order valence-corrected chi connectivity index (χ4v) is 2.42. The largest absolute Gasteiger partial charge is 0.315 e. The minimum atomic E-state index is 0. The Labute approximate surface area is 114 Å². The Bertz CT molecular complexity index is 183. The van der Waals surface area contributed by atoms with Crippen molar-refractivity contribution in [3.63, 3.8) is 0 Å². The van der Waals surface area contributed by atoms with Crippen molar-refractivity contribution in [2.24, 2.45) is 5.41 Å². The summed E-state index contributed by atoms with van der Waals surface area (Å²) in [6.45, 7) is 10.3. The van der Waals surface area contributed by atoms with Crippen molar-refractivity contribution < 1.29 is 0 Å². The summed E-state index contributed by atoms with van der Waals surface area (Å²) in [4.78, 5) is 2.55. The van der Waals surface area contributed by atoms with Crippen molar-refractivity contribution in [2.45, 2.75) is 58.9 Å². The summed E-state index contributed by atoms with van der Waals surface area (Å²) in [5, 5.41) is 3.55. The molecule has 1 saturated carbocycles. The van der Waals surface area contributed by atoms with Crippen LogP contribution >= 0.6 is 12.4 Å². The van der Waals surface area contributed by atoms with Crippen LogP contribution in [0.3, 0.4) is 0 Å². The predicted molar refractivity (Wildman–Crippen MR) is 79.1 cm³/mol. The van der Waals surface area contributed by atoms with Crippen LogP contribution in [0.5, 0.6) is 0 Å². The lowest BCUT2D eigenvalue weighted by atomic mass is 9.94. The van der Waals surface area contributed by atoms with Crippen LogP contribution in [0.4, 0.5) is 0 Å². The molecule has 0 radical (unpaired) electrons. The number of halogens is 1. The van der Waals surface area contributed by atoms with Crippen LogP contribution in [-0.2, 0) is 0 Å². The van der Waals surface area contributed by atoms with E-state index in [0.717, 1.165) is 19.1 Å². The van der Waals surface area contributed by atoms with E-state index in [1.807, 2.05) is 0 Å². The first-order chi connectivity index (χ1) is 7.49. The highest BCUT2D eigenvalue weighted by Gasteiger charge is 2.17. The average molecular weight is 263 g/mol. The van der Waals surface area contributed by atoms with Gasteiger partial charge in [0.05, 0.1) is 0 Å².